The van der Waals surface area contributed by atoms with Crippen molar-refractivity contribution in [2.45, 2.75) is 56.6 Å². The van der Waals surface area contributed by atoms with E-state index in [2.05, 4.69) is 0 Å². The Morgan fingerprint density at radius 1 is 1.15 bits per heavy atom. The van der Waals surface area contributed by atoms with Crippen LogP contribution in [0.25, 0.3) is 0 Å². The van der Waals surface area contributed by atoms with E-state index < -0.39 is 31.0 Å². The lowest BCUT2D eigenvalue weighted by Crippen LogP contribution is -2.51. The van der Waals surface area contributed by atoms with Gasteiger partial charge in [-0.15, -0.1) is 0 Å². The Kier molecular flexibility index (Phi) is 8.90. The van der Waals surface area contributed by atoms with Gasteiger partial charge in [-0.2, -0.15) is 0 Å². The van der Waals surface area contributed by atoms with Gasteiger partial charge in [0.1, 0.15) is 24.1 Å². The quantitative estimate of drug-likeness (QED) is 0.621. The van der Waals surface area contributed by atoms with Gasteiger partial charge in [-0.25, -0.2) is 4.39 Å². The summed E-state index contributed by atoms with van der Waals surface area (Å²) in [7, 11) is 0. The molecule has 0 amide bonds. The van der Waals surface area contributed by atoms with Crippen LogP contribution in [-0.4, -0.2) is 76.0 Å². The molecule has 6 nitrogen and oxygen atoms in total. The SMILES string of the molecule is OC[C@@H](O)[C@H]1OCCCCCCN(Cc2ccccc2F)C[C@H](O)[C@H]1O. The predicted octanol–water partition coefficient (Wildman–Crippen LogP) is 0.662. The maximum atomic E-state index is 14.0. The molecule has 0 radical (unpaired) electrons. The van der Waals surface area contributed by atoms with Gasteiger partial charge in [-0.3, -0.25) is 4.90 Å². The summed E-state index contributed by atoms with van der Waals surface area (Å²) < 4.78 is 19.5. The minimum absolute atomic E-state index is 0.119. The van der Waals surface area contributed by atoms with Crippen molar-refractivity contribution in [2.24, 2.45) is 0 Å². The maximum Gasteiger partial charge on any atom is 0.127 e. The molecule has 0 aliphatic carbocycles. The highest BCUT2D eigenvalue weighted by Gasteiger charge is 2.33. The van der Waals surface area contributed by atoms with E-state index in [1.807, 2.05) is 4.90 Å². The number of halogens is 1. The van der Waals surface area contributed by atoms with Crippen LogP contribution >= 0.6 is 0 Å². The van der Waals surface area contributed by atoms with Crippen molar-refractivity contribution in [1.82, 2.24) is 4.90 Å². The van der Waals surface area contributed by atoms with Crippen LogP contribution in [0.3, 0.4) is 0 Å². The van der Waals surface area contributed by atoms with Gasteiger partial charge in [-0.1, -0.05) is 31.0 Å². The van der Waals surface area contributed by atoms with Crippen molar-refractivity contribution >= 4 is 0 Å². The van der Waals surface area contributed by atoms with Crippen LogP contribution in [0.5, 0.6) is 0 Å². The zero-order valence-electron chi connectivity index (χ0n) is 15.0. The summed E-state index contributed by atoms with van der Waals surface area (Å²) in [6, 6.07) is 6.50. The minimum atomic E-state index is -1.35. The highest BCUT2D eigenvalue weighted by Crippen LogP contribution is 2.17. The van der Waals surface area contributed by atoms with Gasteiger partial charge in [-0.05, 0) is 25.5 Å². The molecule has 148 valence electrons. The second kappa shape index (κ2) is 10.9. The number of benzene rings is 1. The van der Waals surface area contributed by atoms with Crippen LogP contribution in [0.15, 0.2) is 24.3 Å². The van der Waals surface area contributed by atoms with Crippen LogP contribution in [0.2, 0.25) is 0 Å². The fourth-order valence-corrected chi connectivity index (χ4v) is 3.25. The number of hydrogen-bond acceptors (Lipinski definition) is 6. The first-order valence-electron chi connectivity index (χ1n) is 9.25. The van der Waals surface area contributed by atoms with Gasteiger partial charge < -0.3 is 25.2 Å². The van der Waals surface area contributed by atoms with E-state index in [9.17, 15) is 24.8 Å². The van der Waals surface area contributed by atoms with Crippen molar-refractivity contribution in [3.8, 4) is 0 Å². The second-order valence-corrected chi connectivity index (χ2v) is 6.88. The zero-order valence-corrected chi connectivity index (χ0v) is 15.0. The molecule has 7 heteroatoms. The Balaban J connectivity index is 2.10. The molecule has 1 fully saturated rings. The van der Waals surface area contributed by atoms with Crippen LogP contribution in [0, 0.1) is 5.82 Å². The van der Waals surface area contributed by atoms with E-state index >= 15 is 0 Å². The van der Waals surface area contributed by atoms with Gasteiger partial charge in [0.25, 0.3) is 0 Å². The average Bonchev–Trinajstić information content (AvgIpc) is 2.63. The third-order valence-electron chi connectivity index (χ3n) is 4.77. The summed E-state index contributed by atoms with van der Waals surface area (Å²) in [5.41, 5.74) is 0.532. The lowest BCUT2D eigenvalue weighted by molar-refractivity contribution is -0.147. The summed E-state index contributed by atoms with van der Waals surface area (Å²) in [4.78, 5) is 1.90. The Morgan fingerprint density at radius 3 is 2.62 bits per heavy atom. The molecule has 1 aromatic rings. The molecule has 1 saturated heterocycles. The standard InChI is InChI=1S/C19H30FNO5/c20-15-8-4-3-7-14(15)11-21-9-5-1-2-6-10-26-19(17(24)13-22)18(25)16(23)12-21/h3-4,7-8,16-19,22-25H,1-2,5-6,9-13H2/t16-,17+,18+,19+/m0/s1. The molecular weight excluding hydrogens is 341 g/mol. The molecule has 0 bridgehead atoms. The fraction of sp³-hybridized carbons (Fsp3) is 0.684. The molecule has 1 aliphatic heterocycles. The van der Waals surface area contributed by atoms with Crippen LogP contribution in [0.1, 0.15) is 31.2 Å². The molecular formula is C19H30FNO5. The Hall–Kier alpha value is -1.09. The maximum absolute atomic E-state index is 14.0. The first-order chi connectivity index (χ1) is 12.5. The zero-order chi connectivity index (χ0) is 18.9. The first kappa shape index (κ1) is 21.2. The molecule has 0 spiro atoms. The normalized spacial score (nSPS) is 28.1. The number of nitrogens with zero attached hydrogens (tertiary/aromatic N) is 1. The summed E-state index contributed by atoms with van der Waals surface area (Å²) in [5.74, 6) is -0.300. The summed E-state index contributed by atoms with van der Waals surface area (Å²) in [5, 5.41) is 39.9. The third kappa shape index (κ3) is 6.26. The van der Waals surface area contributed by atoms with Crippen molar-refractivity contribution in [2.75, 3.05) is 26.3 Å². The Morgan fingerprint density at radius 2 is 1.88 bits per heavy atom. The predicted molar refractivity (Wildman–Crippen MR) is 95.0 cm³/mol. The molecule has 4 atom stereocenters. The van der Waals surface area contributed by atoms with E-state index in [0.29, 0.717) is 25.3 Å². The molecule has 0 saturated carbocycles. The van der Waals surface area contributed by atoms with Crippen LogP contribution < -0.4 is 0 Å². The largest absolute Gasteiger partial charge is 0.394 e. The summed E-state index contributed by atoms with van der Waals surface area (Å²) in [6.45, 7) is 0.905. The van der Waals surface area contributed by atoms with Crippen molar-refractivity contribution in [1.29, 1.82) is 0 Å². The number of ether oxygens (including phenoxy) is 1. The molecule has 0 aromatic heterocycles. The van der Waals surface area contributed by atoms with Gasteiger partial charge in [0, 0.05) is 25.3 Å². The average molecular weight is 371 g/mol. The van der Waals surface area contributed by atoms with Crippen molar-refractivity contribution < 1.29 is 29.6 Å². The Bertz CT molecular complexity index is 532. The van der Waals surface area contributed by atoms with E-state index in [1.165, 1.54) is 6.07 Å². The molecule has 26 heavy (non-hydrogen) atoms. The van der Waals surface area contributed by atoms with Gasteiger partial charge >= 0.3 is 0 Å². The number of β-amino-alcohol motifs (C(OH)–C–C–N with tert-alkyl or cyclic N) is 1. The van der Waals surface area contributed by atoms with E-state index in [1.54, 1.807) is 18.2 Å². The number of aliphatic hydroxyl groups excluding tert-OH is 4. The molecule has 4 N–H and O–H groups in total. The highest BCUT2D eigenvalue weighted by molar-refractivity contribution is 5.17. The molecule has 1 aliphatic rings. The van der Waals surface area contributed by atoms with Crippen molar-refractivity contribution in [3.05, 3.63) is 35.6 Å². The number of aliphatic hydroxyl groups is 4. The molecule has 1 aromatic carbocycles. The lowest BCUT2D eigenvalue weighted by atomic mass is 10.0. The number of hydrogen-bond donors (Lipinski definition) is 4. The summed E-state index contributed by atoms with van der Waals surface area (Å²) >= 11 is 0. The van der Waals surface area contributed by atoms with Crippen LogP contribution in [-0.2, 0) is 11.3 Å². The van der Waals surface area contributed by atoms with Gasteiger partial charge in [0.15, 0.2) is 0 Å². The smallest absolute Gasteiger partial charge is 0.127 e. The molecule has 1 heterocycles. The fourth-order valence-electron chi connectivity index (χ4n) is 3.25. The molecule has 0 unspecified atom stereocenters. The van der Waals surface area contributed by atoms with E-state index in [-0.39, 0.29) is 12.4 Å². The van der Waals surface area contributed by atoms with Crippen LogP contribution in [0.4, 0.5) is 4.39 Å². The highest BCUT2D eigenvalue weighted by atomic mass is 19.1. The monoisotopic (exact) mass is 371 g/mol. The van der Waals surface area contributed by atoms with E-state index in [0.717, 1.165) is 25.7 Å². The topological polar surface area (TPSA) is 93.4 Å². The second-order valence-electron chi connectivity index (χ2n) is 6.88. The van der Waals surface area contributed by atoms with Gasteiger partial charge in [0.2, 0.25) is 0 Å². The van der Waals surface area contributed by atoms with E-state index in [4.69, 9.17) is 4.74 Å². The number of rotatable bonds is 4. The Labute approximate surface area is 153 Å². The minimum Gasteiger partial charge on any atom is -0.394 e. The van der Waals surface area contributed by atoms with Crippen molar-refractivity contribution in [3.63, 3.8) is 0 Å². The first-order valence-corrected chi connectivity index (χ1v) is 9.25. The third-order valence-corrected chi connectivity index (χ3v) is 4.77. The molecule has 2 rings (SSSR count). The van der Waals surface area contributed by atoms with Gasteiger partial charge in [0.05, 0.1) is 12.7 Å². The lowest BCUT2D eigenvalue weighted by Gasteiger charge is -2.33. The summed E-state index contributed by atoms with van der Waals surface area (Å²) in [6.07, 6.45) is -1.29.